The molecule has 2 heterocycles. The lowest BCUT2D eigenvalue weighted by molar-refractivity contribution is -0.138. The molecule has 11 nitrogen and oxygen atoms in total. The maximum Gasteiger partial charge on any atom is 0.334 e. The van der Waals surface area contributed by atoms with Crippen molar-refractivity contribution in [3.63, 3.8) is 0 Å². The number of carbonyl (C=O) groups is 5. The monoisotopic (exact) mass is 460 g/mol. The number of unbranched alkanes of at least 4 members (excludes halogenated alkanes) is 1. The minimum Gasteiger partial charge on any atom is -0.385 e. The van der Waals surface area contributed by atoms with Gasteiger partial charge in [-0.05, 0) is 57.3 Å². The summed E-state index contributed by atoms with van der Waals surface area (Å²) in [4.78, 5) is 67.3. The van der Waals surface area contributed by atoms with Crippen molar-refractivity contribution in [2.45, 2.75) is 76.3 Å². The van der Waals surface area contributed by atoms with E-state index in [0.29, 0.717) is 51.5 Å². The van der Waals surface area contributed by atoms with Gasteiger partial charge in [0.05, 0.1) is 0 Å². The van der Waals surface area contributed by atoms with Crippen molar-refractivity contribution in [2.24, 2.45) is 17.4 Å². The number of rotatable bonds is 6. The molecule has 2 saturated carbocycles. The normalized spacial score (nSPS) is 27.4. The zero-order valence-corrected chi connectivity index (χ0v) is 19.0. The van der Waals surface area contributed by atoms with E-state index in [1.807, 2.05) is 6.92 Å². The highest BCUT2D eigenvalue weighted by Crippen LogP contribution is 2.42. The minimum absolute atomic E-state index is 0.165. The number of imide groups is 3. The van der Waals surface area contributed by atoms with Crippen molar-refractivity contribution in [3.8, 4) is 0 Å². The van der Waals surface area contributed by atoms with Gasteiger partial charge in [0.25, 0.3) is 17.7 Å². The molecule has 180 valence electrons. The zero-order chi connectivity index (χ0) is 23.9. The molecule has 7 amide bonds. The Kier molecular flexibility index (Phi) is 6.06. The highest BCUT2D eigenvalue weighted by Gasteiger charge is 2.57. The fraction of sp³-hybridized carbons (Fsp3) is 0.682. The second-order valence-corrected chi connectivity index (χ2v) is 9.53. The smallest absolute Gasteiger partial charge is 0.334 e. The Morgan fingerprint density at radius 3 is 2.24 bits per heavy atom. The number of barbiturate groups is 1. The van der Waals surface area contributed by atoms with Crippen LogP contribution < -0.4 is 16.8 Å². The molecular formula is C22H32N6O5. The first-order chi connectivity index (χ1) is 15.7. The van der Waals surface area contributed by atoms with E-state index in [0.717, 1.165) is 22.6 Å². The van der Waals surface area contributed by atoms with Gasteiger partial charge in [-0.2, -0.15) is 0 Å². The van der Waals surface area contributed by atoms with Crippen LogP contribution in [0.25, 0.3) is 0 Å². The van der Waals surface area contributed by atoms with Gasteiger partial charge in [0.2, 0.25) is 0 Å². The highest BCUT2D eigenvalue weighted by atomic mass is 16.2. The molecule has 5 N–H and O–H groups in total. The van der Waals surface area contributed by atoms with Crippen molar-refractivity contribution in [3.05, 3.63) is 11.4 Å². The summed E-state index contributed by atoms with van der Waals surface area (Å²) >= 11 is 0. The van der Waals surface area contributed by atoms with Gasteiger partial charge < -0.3 is 16.4 Å². The maximum atomic E-state index is 13.1. The molecule has 2 aliphatic carbocycles. The van der Waals surface area contributed by atoms with E-state index < -0.39 is 23.4 Å². The number of amides is 7. The number of hydrogen-bond donors (Lipinski definition) is 3. The second-order valence-electron chi connectivity index (χ2n) is 9.53. The number of urea groups is 2. The van der Waals surface area contributed by atoms with Gasteiger partial charge in [-0.3, -0.25) is 29.5 Å². The third-order valence-electron chi connectivity index (χ3n) is 7.56. The van der Waals surface area contributed by atoms with Gasteiger partial charge in [-0.1, -0.05) is 13.3 Å². The molecule has 11 heteroatoms. The molecule has 0 bridgehead atoms. The van der Waals surface area contributed by atoms with Crippen LogP contribution >= 0.6 is 0 Å². The molecule has 0 atom stereocenters. The molecule has 0 radical (unpaired) electrons. The number of nitrogens with two attached hydrogens (primary N) is 2. The molecular weight excluding hydrogens is 428 g/mol. The van der Waals surface area contributed by atoms with Crippen LogP contribution in [-0.2, 0) is 14.4 Å². The molecule has 4 rings (SSSR count). The number of nitrogens with zero attached hydrogens (tertiary/aromatic N) is 3. The number of carbonyl (C=O) groups excluding carboxylic acids is 5. The maximum absolute atomic E-state index is 13.1. The van der Waals surface area contributed by atoms with Crippen molar-refractivity contribution in [2.75, 3.05) is 13.1 Å². The van der Waals surface area contributed by atoms with Gasteiger partial charge in [0, 0.05) is 19.1 Å². The Bertz CT molecular complexity index is 914. The Labute approximate surface area is 192 Å². The predicted octanol–water partition coefficient (Wildman–Crippen LogP) is 0.740. The van der Waals surface area contributed by atoms with Crippen molar-refractivity contribution in [1.29, 1.82) is 0 Å². The summed E-state index contributed by atoms with van der Waals surface area (Å²) in [6, 6.07) is -1.33. The molecule has 2 aliphatic heterocycles. The van der Waals surface area contributed by atoms with Crippen molar-refractivity contribution >= 4 is 29.8 Å². The lowest BCUT2D eigenvalue weighted by Gasteiger charge is -2.45. The van der Waals surface area contributed by atoms with E-state index in [2.05, 4.69) is 5.32 Å². The Balaban J connectivity index is 1.45. The van der Waals surface area contributed by atoms with Crippen LogP contribution in [0.4, 0.5) is 9.59 Å². The Morgan fingerprint density at radius 2 is 1.70 bits per heavy atom. The highest BCUT2D eigenvalue weighted by molar-refractivity contribution is 6.29. The van der Waals surface area contributed by atoms with Gasteiger partial charge >= 0.3 is 12.1 Å². The van der Waals surface area contributed by atoms with E-state index in [4.69, 9.17) is 11.5 Å². The van der Waals surface area contributed by atoms with Gasteiger partial charge in [0.1, 0.15) is 16.9 Å². The Hall–Kier alpha value is -3.11. The van der Waals surface area contributed by atoms with Gasteiger partial charge in [-0.25, -0.2) is 9.59 Å². The van der Waals surface area contributed by atoms with Crippen LogP contribution in [0.2, 0.25) is 0 Å². The number of hydrogen-bond acceptors (Lipinski definition) is 7. The van der Waals surface area contributed by atoms with Crippen molar-refractivity contribution in [1.82, 2.24) is 20.0 Å². The van der Waals surface area contributed by atoms with E-state index in [9.17, 15) is 24.0 Å². The average molecular weight is 461 g/mol. The second kappa shape index (κ2) is 8.68. The summed E-state index contributed by atoms with van der Waals surface area (Å²) in [7, 11) is 0. The quantitative estimate of drug-likeness (QED) is 0.299. The first-order valence-corrected chi connectivity index (χ1v) is 11.8. The molecule has 0 unspecified atom stereocenters. The molecule has 1 spiro atoms. The lowest BCUT2D eigenvalue weighted by atomic mass is 9.74. The topological polar surface area (TPSA) is 159 Å². The summed E-state index contributed by atoms with van der Waals surface area (Å²) in [5.41, 5.74) is 10.2. The number of nitrogens with one attached hydrogen (secondary N) is 1. The first kappa shape index (κ1) is 23.1. The van der Waals surface area contributed by atoms with Gasteiger partial charge in [0.15, 0.2) is 0 Å². The van der Waals surface area contributed by atoms with E-state index >= 15 is 0 Å². The molecule has 0 aromatic heterocycles. The summed E-state index contributed by atoms with van der Waals surface area (Å²) < 4.78 is 0. The standard InChI is InChI=1S/C22H32N6O5/c1-2-3-11-26-17(29)15(16(23)24)18(30)28(21(26)33)14-7-5-13(6-8-14)12-27-20(32)25-19(31)22(27)9-4-10-22/h13-14H,2-12,23-24H2,1H3,(H,25,31,32). The van der Waals surface area contributed by atoms with Crippen LogP contribution in [0.5, 0.6) is 0 Å². The van der Waals surface area contributed by atoms with Crippen LogP contribution in [0, 0.1) is 5.92 Å². The predicted molar refractivity (Wildman–Crippen MR) is 117 cm³/mol. The summed E-state index contributed by atoms with van der Waals surface area (Å²) in [6.45, 7) is 2.62. The first-order valence-electron chi connectivity index (χ1n) is 11.8. The Morgan fingerprint density at radius 1 is 1.03 bits per heavy atom. The average Bonchev–Trinajstić information content (AvgIpc) is 2.98. The van der Waals surface area contributed by atoms with Crippen LogP contribution in [0.1, 0.15) is 64.7 Å². The fourth-order valence-corrected chi connectivity index (χ4v) is 5.44. The summed E-state index contributed by atoms with van der Waals surface area (Å²) in [5, 5.41) is 2.45. The minimum atomic E-state index is -0.737. The lowest BCUT2D eigenvalue weighted by Crippen LogP contribution is -2.61. The molecule has 0 aromatic rings. The van der Waals surface area contributed by atoms with E-state index in [-0.39, 0.29) is 41.8 Å². The fourth-order valence-electron chi connectivity index (χ4n) is 5.44. The SMILES string of the molecule is CCCCN1C(=O)C(=C(N)N)C(=O)N(C2CCC(CN3C(=O)NC(=O)C34CCC4)CC2)C1=O. The molecule has 0 aromatic carbocycles. The third kappa shape index (κ3) is 3.72. The third-order valence-corrected chi connectivity index (χ3v) is 7.56. The summed E-state index contributed by atoms with van der Waals surface area (Å²) in [6.07, 6.45) is 6.17. The van der Waals surface area contributed by atoms with E-state index in [1.165, 1.54) is 0 Å². The molecule has 2 saturated heterocycles. The van der Waals surface area contributed by atoms with E-state index in [1.54, 1.807) is 4.90 Å². The van der Waals surface area contributed by atoms with Crippen LogP contribution in [-0.4, -0.2) is 69.2 Å². The van der Waals surface area contributed by atoms with Gasteiger partial charge in [-0.15, -0.1) is 0 Å². The van der Waals surface area contributed by atoms with Crippen molar-refractivity contribution < 1.29 is 24.0 Å². The largest absolute Gasteiger partial charge is 0.385 e. The summed E-state index contributed by atoms with van der Waals surface area (Å²) in [5.74, 6) is -1.89. The molecule has 4 fully saturated rings. The molecule has 33 heavy (non-hydrogen) atoms. The van der Waals surface area contributed by atoms with Crippen LogP contribution in [0.15, 0.2) is 11.4 Å². The zero-order valence-electron chi connectivity index (χ0n) is 19.0. The van der Waals surface area contributed by atoms with Crippen LogP contribution in [0.3, 0.4) is 0 Å². The molecule has 4 aliphatic rings.